The number of carbonyl (C=O) groups excluding carboxylic acids is 2. The van der Waals surface area contributed by atoms with Crippen LogP contribution in [0, 0.1) is 17.2 Å². The Morgan fingerprint density at radius 2 is 1.65 bits per heavy atom. The molecule has 0 heterocycles. The number of rotatable bonds is 6. The molecule has 2 aromatic rings. The van der Waals surface area contributed by atoms with Crippen LogP contribution < -0.4 is 15.4 Å². The van der Waals surface area contributed by atoms with Gasteiger partial charge in [0.05, 0.1) is 18.7 Å². The number of carbonyl (C=O) groups is 2. The number of methoxy groups -OCH3 is 1. The molecule has 0 spiro atoms. The van der Waals surface area contributed by atoms with Gasteiger partial charge in [0.2, 0.25) is 5.91 Å². The molecular weight excluding hydrogens is 330 g/mol. The Bertz CT molecular complexity index is 806. The minimum absolute atomic E-state index is 0.101. The molecule has 0 aliphatic heterocycles. The van der Waals surface area contributed by atoms with Gasteiger partial charge in [-0.3, -0.25) is 9.59 Å². The van der Waals surface area contributed by atoms with E-state index in [-0.39, 0.29) is 17.7 Å². The first-order chi connectivity index (χ1) is 12.4. The monoisotopic (exact) mass is 351 g/mol. The fourth-order valence-corrected chi connectivity index (χ4v) is 2.35. The van der Waals surface area contributed by atoms with Gasteiger partial charge in [-0.1, -0.05) is 13.8 Å². The van der Waals surface area contributed by atoms with E-state index in [4.69, 9.17) is 10.00 Å². The van der Waals surface area contributed by atoms with E-state index in [0.717, 1.165) is 0 Å². The lowest BCUT2D eigenvalue weighted by atomic mass is 10.0. The van der Waals surface area contributed by atoms with E-state index < -0.39 is 6.04 Å². The molecule has 2 aromatic carbocycles. The zero-order chi connectivity index (χ0) is 19.1. The van der Waals surface area contributed by atoms with E-state index in [2.05, 4.69) is 10.6 Å². The standard InChI is InChI=1S/C20H21N3O3/c1-13(2)18(20(25)22-16-8-4-14(12-21)5-9-16)23-19(24)15-6-10-17(26-3)11-7-15/h4-11,13,18H,1-3H3,(H,22,25)(H,23,24)/t18-/m0/s1. The zero-order valence-electron chi connectivity index (χ0n) is 14.9. The topological polar surface area (TPSA) is 91.2 Å². The summed E-state index contributed by atoms with van der Waals surface area (Å²) < 4.78 is 5.07. The highest BCUT2D eigenvalue weighted by Gasteiger charge is 2.24. The molecule has 2 N–H and O–H groups in total. The number of ether oxygens (including phenoxy) is 1. The van der Waals surface area contributed by atoms with E-state index in [1.165, 1.54) is 0 Å². The summed E-state index contributed by atoms with van der Waals surface area (Å²) in [6.07, 6.45) is 0. The molecule has 6 heteroatoms. The largest absolute Gasteiger partial charge is 0.497 e. The SMILES string of the molecule is COc1ccc(C(=O)N[C@H](C(=O)Nc2ccc(C#N)cc2)C(C)C)cc1. The third-order valence-corrected chi connectivity index (χ3v) is 3.87. The van der Waals surface area contributed by atoms with Crippen molar-refractivity contribution in [3.63, 3.8) is 0 Å². The molecule has 0 aliphatic carbocycles. The lowest BCUT2D eigenvalue weighted by Crippen LogP contribution is -2.47. The third kappa shape index (κ3) is 4.84. The van der Waals surface area contributed by atoms with Crippen LogP contribution >= 0.6 is 0 Å². The molecule has 2 amide bonds. The Labute approximate surface area is 152 Å². The quantitative estimate of drug-likeness (QED) is 0.837. The van der Waals surface area contributed by atoms with Crippen LogP contribution in [-0.2, 0) is 4.79 Å². The number of nitriles is 1. The van der Waals surface area contributed by atoms with Crippen LogP contribution in [-0.4, -0.2) is 25.0 Å². The van der Waals surface area contributed by atoms with Crippen molar-refractivity contribution in [2.24, 2.45) is 5.92 Å². The van der Waals surface area contributed by atoms with Gasteiger partial charge in [-0.2, -0.15) is 5.26 Å². The van der Waals surface area contributed by atoms with Crippen LogP contribution in [0.2, 0.25) is 0 Å². The van der Waals surface area contributed by atoms with Crippen molar-refractivity contribution in [1.82, 2.24) is 5.32 Å². The normalized spacial score (nSPS) is 11.3. The summed E-state index contributed by atoms with van der Waals surface area (Å²) in [7, 11) is 1.55. The minimum Gasteiger partial charge on any atom is -0.497 e. The van der Waals surface area contributed by atoms with Crippen molar-refractivity contribution in [1.29, 1.82) is 5.26 Å². The minimum atomic E-state index is -0.694. The van der Waals surface area contributed by atoms with E-state index in [0.29, 0.717) is 22.6 Å². The molecule has 0 radical (unpaired) electrons. The molecule has 0 fully saturated rings. The third-order valence-electron chi connectivity index (χ3n) is 3.87. The lowest BCUT2D eigenvalue weighted by Gasteiger charge is -2.22. The summed E-state index contributed by atoms with van der Waals surface area (Å²) in [6, 6.07) is 14.5. The molecule has 0 bridgehead atoms. The van der Waals surface area contributed by atoms with Crippen molar-refractivity contribution < 1.29 is 14.3 Å². The fourth-order valence-electron chi connectivity index (χ4n) is 2.35. The first kappa shape index (κ1) is 19.0. The maximum atomic E-state index is 12.6. The summed E-state index contributed by atoms with van der Waals surface area (Å²) in [5, 5.41) is 14.4. The summed E-state index contributed by atoms with van der Waals surface area (Å²) >= 11 is 0. The second-order valence-corrected chi connectivity index (χ2v) is 6.10. The van der Waals surface area contributed by atoms with E-state index in [9.17, 15) is 9.59 Å². The Morgan fingerprint density at radius 3 is 2.15 bits per heavy atom. The van der Waals surface area contributed by atoms with Gasteiger partial charge in [-0.15, -0.1) is 0 Å². The Hall–Kier alpha value is -3.33. The highest BCUT2D eigenvalue weighted by Crippen LogP contribution is 2.14. The molecule has 0 saturated heterocycles. The molecule has 0 saturated carbocycles. The van der Waals surface area contributed by atoms with Gasteiger partial charge in [0.1, 0.15) is 11.8 Å². The maximum absolute atomic E-state index is 12.6. The molecule has 26 heavy (non-hydrogen) atoms. The van der Waals surface area contributed by atoms with Gasteiger partial charge in [0, 0.05) is 11.3 Å². The number of nitrogens with one attached hydrogen (secondary N) is 2. The highest BCUT2D eigenvalue weighted by atomic mass is 16.5. The van der Waals surface area contributed by atoms with Crippen LogP contribution in [0.25, 0.3) is 0 Å². The summed E-state index contributed by atoms with van der Waals surface area (Å²) in [6.45, 7) is 3.72. The van der Waals surface area contributed by atoms with Gasteiger partial charge >= 0.3 is 0 Å². The van der Waals surface area contributed by atoms with Crippen LogP contribution in [0.5, 0.6) is 5.75 Å². The highest BCUT2D eigenvalue weighted by molar-refractivity contribution is 6.01. The van der Waals surface area contributed by atoms with E-state index in [1.54, 1.807) is 55.6 Å². The Balaban J connectivity index is 2.07. The lowest BCUT2D eigenvalue weighted by molar-refractivity contribution is -0.118. The number of hydrogen-bond donors (Lipinski definition) is 2. The van der Waals surface area contributed by atoms with Crippen molar-refractivity contribution >= 4 is 17.5 Å². The molecule has 0 unspecified atom stereocenters. The molecule has 0 aromatic heterocycles. The van der Waals surface area contributed by atoms with Crippen molar-refractivity contribution in [3.8, 4) is 11.8 Å². The molecular formula is C20H21N3O3. The second kappa shape index (κ2) is 8.67. The van der Waals surface area contributed by atoms with Gasteiger partial charge in [0.15, 0.2) is 0 Å². The molecule has 2 rings (SSSR count). The average Bonchev–Trinajstić information content (AvgIpc) is 2.66. The molecule has 0 aliphatic rings. The molecule has 134 valence electrons. The number of benzene rings is 2. The maximum Gasteiger partial charge on any atom is 0.251 e. The van der Waals surface area contributed by atoms with E-state index >= 15 is 0 Å². The number of nitrogens with zero attached hydrogens (tertiary/aromatic N) is 1. The van der Waals surface area contributed by atoms with Gasteiger partial charge in [-0.05, 0) is 54.4 Å². The first-order valence-corrected chi connectivity index (χ1v) is 8.20. The summed E-state index contributed by atoms with van der Waals surface area (Å²) in [5.41, 5.74) is 1.53. The molecule has 6 nitrogen and oxygen atoms in total. The van der Waals surface area contributed by atoms with Crippen molar-refractivity contribution in [2.75, 3.05) is 12.4 Å². The Kier molecular flexibility index (Phi) is 6.34. The smallest absolute Gasteiger partial charge is 0.251 e. The molecule has 1 atom stereocenters. The number of amides is 2. The predicted molar refractivity (Wildman–Crippen MR) is 98.9 cm³/mol. The fraction of sp³-hybridized carbons (Fsp3) is 0.250. The van der Waals surface area contributed by atoms with Gasteiger partial charge < -0.3 is 15.4 Å². The van der Waals surface area contributed by atoms with Gasteiger partial charge in [0.25, 0.3) is 5.91 Å². The van der Waals surface area contributed by atoms with Crippen LogP contribution in [0.3, 0.4) is 0 Å². The van der Waals surface area contributed by atoms with Crippen molar-refractivity contribution in [2.45, 2.75) is 19.9 Å². The number of anilines is 1. The average molecular weight is 351 g/mol. The van der Waals surface area contributed by atoms with Crippen LogP contribution in [0.1, 0.15) is 29.8 Å². The second-order valence-electron chi connectivity index (χ2n) is 6.10. The summed E-state index contributed by atoms with van der Waals surface area (Å²) in [5.74, 6) is -0.0935. The van der Waals surface area contributed by atoms with Crippen molar-refractivity contribution in [3.05, 3.63) is 59.7 Å². The number of hydrogen-bond acceptors (Lipinski definition) is 4. The predicted octanol–water partition coefficient (Wildman–Crippen LogP) is 2.96. The van der Waals surface area contributed by atoms with Gasteiger partial charge in [-0.25, -0.2) is 0 Å². The Morgan fingerprint density at radius 1 is 1.04 bits per heavy atom. The summed E-state index contributed by atoms with van der Waals surface area (Å²) in [4.78, 5) is 25.0. The van der Waals surface area contributed by atoms with E-state index in [1.807, 2.05) is 19.9 Å². The van der Waals surface area contributed by atoms with Crippen LogP contribution in [0.4, 0.5) is 5.69 Å². The van der Waals surface area contributed by atoms with Crippen LogP contribution in [0.15, 0.2) is 48.5 Å². The first-order valence-electron chi connectivity index (χ1n) is 8.20. The zero-order valence-corrected chi connectivity index (χ0v) is 14.9.